The summed E-state index contributed by atoms with van der Waals surface area (Å²) in [5.41, 5.74) is 1.22. The number of hydrogen-bond acceptors (Lipinski definition) is 9. The summed E-state index contributed by atoms with van der Waals surface area (Å²) < 4.78 is 6.29. The van der Waals surface area contributed by atoms with E-state index >= 15 is 0 Å². The van der Waals surface area contributed by atoms with E-state index in [2.05, 4.69) is 30.6 Å². The van der Waals surface area contributed by atoms with Crippen LogP contribution in [0.4, 0.5) is 22.4 Å². The molecule has 166 valence electrons. The van der Waals surface area contributed by atoms with Crippen molar-refractivity contribution < 1.29 is 14.3 Å². The van der Waals surface area contributed by atoms with E-state index in [0.29, 0.717) is 40.8 Å². The molecule has 1 amide bonds. The molecule has 1 saturated carbocycles. The number of nitrogens with zero attached hydrogens (tertiary/aromatic N) is 6. The molecule has 2 fully saturated rings. The zero-order chi connectivity index (χ0) is 22.4. The van der Waals surface area contributed by atoms with Crippen LogP contribution in [0.15, 0.2) is 24.4 Å². The van der Waals surface area contributed by atoms with Crippen LogP contribution in [0.25, 0.3) is 11.0 Å². The first-order valence-corrected chi connectivity index (χ1v) is 10.6. The third-order valence-electron chi connectivity index (χ3n) is 5.83. The van der Waals surface area contributed by atoms with E-state index < -0.39 is 6.09 Å². The summed E-state index contributed by atoms with van der Waals surface area (Å²) in [6.45, 7) is 6.88. The maximum atomic E-state index is 12.3. The van der Waals surface area contributed by atoms with Gasteiger partial charge in [-0.15, -0.1) is 4.68 Å². The van der Waals surface area contributed by atoms with Gasteiger partial charge in [0, 0.05) is 50.2 Å². The maximum Gasteiger partial charge on any atom is 0.436 e. The molecule has 11 nitrogen and oxygen atoms in total. The number of amides is 1. The second-order valence-electron chi connectivity index (χ2n) is 8.11. The summed E-state index contributed by atoms with van der Waals surface area (Å²) >= 11 is 0. The van der Waals surface area contributed by atoms with Crippen molar-refractivity contribution in [3.8, 4) is 0 Å². The molecule has 1 aliphatic heterocycles. The van der Waals surface area contributed by atoms with Gasteiger partial charge in [0.1, 0.15) is 11.6 Å². The Kier molecular flexibility index (Phi) is 4.87. The number of carbonyl (C=O) groups is 2. The highest BCUT2D eigenvalue weighted by Crippen LogP contribution is 2.46. The number of carbonyl (C=O) groups excluding carboxylic acids is 2. The topological polar surface area (TPSA) is 127 Å². The molecule has 2 N–H and O–H groups in total. The Balaban J connectivity index is 1.45. The van der Waals surface area contributed by atoms with Gasteiger partial charge in [0.05, 0.1) is 17.7 Å². The minimum atomic E-state index is -0.566. The van der Waals surface area contributed by atoms with E-state index in [1.807, 2.05) is 12.1 Å². The summed E-state index contributed by atoms with van der Waals surface area (Å²) in [7, 11) is 0. The largest absolute Gasteiger partial charge is 0.448 e. The first-order chi connectivity index (χ1) is 15.4. The van der Waals surface area contributed by atoms with Crippen LogP contribution in [-0.4, -0.2) is 62.5 Å². The van der Waals surface area contributed by atoms with Crippen molar-refractivity contribution in [3.05, 3.63) is 30.1 Å². The molecule has 5 rings (SSSR count). The molecule has 1 aliphatic carbocycles. The number of fused-ring (bicyclic) bond motifs is 2. The third kappa shape index (κ3) is 3.59. The van der Waals surface area contributed by atoms with E-state index in [1.165, 1.54) is 4.68 Å². The lowest BCUT2D eigenvalue weighted by atomic mass is 10.3. The Morgan fingerprint density at radius 3 is 2.75 bits per heavy atom. The molecule has 0 spiro atoms. The fourth-order valence-electron chi connectivity index (χ4n) is 4.36. The van der Waals surface area contributed by atoms with Crippen molar-refractivity contribution in [2.24, 2.45) is 11.8 Å². The Morgan fingerprint density at radius 2 is 2.03 bits per heavy atom. The fourth-order valence-corrected chi connectivity index (χ4v) is 4.36. The van der Waals surface area contributed by atoms with Crippen LogP contribution in [0.2, 0.25) is 0 Å². The van der Waals surface area contributed by atoms with Gasteiger partial charge in [-0.05, 0) is 26.0 Å². The van der Waals surface area contributed by atoms with Gasteiger partial charge in [0.25, 0.3) is 0 Å². The van der Waals surface area contributed by atoms with Gasteiger partial charge >= 0.3 is 6.09 Å². The van der Waals surface area contributed by atoms with Gasteiger partial charge in [-0.1, -0.05) is 0 Å². The van der Waals surface area contributed by atoms with Crippen LogP contribution in [0.3, 0.4) is 0 Å². The van der Waals surface area contributed by atoms with Crippen LogP contribution < -0.4 is 15.5 Å². The highest BCUT2D eigenvalue weighted by Gasteiger charge is 2.56. The van der Waals surface area contributed by atoms with Crippen molar-refractivity contribution in [2.45, 2.75) is 26.8 Å². The second kappa shape index (κ2) is 7.74. The maximum absolute atomic E-state index is 12.3. The summed E-state index contributed by atoms with van der Waals surface area (Å²) in [6, 6.07) is 5.68. The zero-order valence-electron chi connectivity index (χ0n) is 18.1. The number of anilines is 3. The quantitative estimate of drug-likeness (QED) is 0.616. The predicted molar refractivity (Wildman–Crippen MR) is 117 cm³/mol. The third-order valence-corrected chi connectivity index (χ3v) is 5.83. The van der Waals surface area contributed by atoms with Gasteiger partial charge in [-0.3, -0.25) is 4.79 Å². The molecule has 4 heterocycles. The van der Waals surface area contributed by atoms with Gasteiger partial charge < -0.3 is 20.3 Å². The number of ether oxygens (including phenoxy) is 1. The van der Waals surface area contributed by atoms with E-state index in [9.17, 15) is 9.59 Å². The molecule has 32 heavy (non-hydrogen) atoms. The molecular weight excluding hydrogens is 412 g/mol. The number of pyridine rings is 1. The van der Waals surface area contributed by atoms with Crippen molar-refractivity contribution in [1.29, 1.82) is 0 Å². The molecule has 0 aromatic carbocycles. The van der Waals surface area contributed by atoms with Crippen LogP contribution in [0.5, 0.6) is 0 Å². The highest BCUT2D eigenvalue weighted by molar-refractivity contribution is 5.90. The number of aromatic nitrogens is 5. The minimum Gasteiger partial charge on any atom is -0.448 e. The molecule has 0 radical (unpaired) electrons. The molecule has 1 saturated heterocycles. The summed E-state index contributed by atoms with van der Waals surface area (Å²) in [5.74, 6) is 2.36. The Hall–Kier alpha value is -3.76. The molecule has 2 aliphatic rings. The standard InChI is InChI=1S/C21H24N8O3/c1-4-32-21(31)29-16(8-11(2)27-29)24-19-13-6-5-7-22-18(13)25-20(26-19)28-9-14-15(10-28)17(14)23-12(3)30/h5-8,14-15,17H,4,9-10H2,1-3H3,(H,23,30)(H,22,24,25,26)/t14-,15+,17?. The Morgan fingerprint density at radius 1 is 1.25 bits per heavy atom. The van der Waals surface area contributed by atoms with E-state index in [4.69, 9.17) is 9.72 Å². The molecule has 1 unspecified atom stereocenters. The number of hydrogen-bond donors (Lipinski definition) is 2. The molecule has 0 bridgehead atoms. The molecule has 11 heteroatoms. The van der Waals surface area contributed by atoms with Gasteiger partial charge in [-0.25, -0.2) is 9.78 Å². The van der Waals surface area contributed by atoms with Crippen LogP contribution in [0.1, 0.15) is 19.5 Å². The first-order valence-electron chi connectivity index (χ1n) is 10.6. The Labute approximate surface area is 184 Å². The lowest BCUT2D eigenvalue weighted by Crippen LogP contribution is -2.34. The number of nitrogens with one attached hydrogen (secondary N) is 2. The summed E-state index contributed by atoms with van der Waals surface area (Å²) in [4.78, 5) is 39.6. The summed E-state index contributed by atoms with van der Waals surface area (Å²) in [6.07, 6.45) is 1.12. The van der Waals surface area contributed by atoms with Crippen LogP contribution in [0, 0.1) is 18.8 Å². The van der Waals surface area contributed by atoms with Gasteiger partial charge in [0.2, 0.25) is 11.9 Å². The highest BCUT2D eigenvalue weighted by atomic mass is 16.6. The lowest BCUT2D eigenvalue weighted by molar-refractivity contribution is -0.119. The first kappa shape index (κ1) is 20.2. The number of rotatable bonds is 5. The molecule has 3 atom stereocenters. The van der Waals surface area contributed by atoms with Crippen LogP contribution in [-0.2, 0) is 9.53 Å². The average Bonchev–Trinajstić information content (AvgIpc) is 3.08. The number of aryl methyl sites for hydroxylation is 1. The van der Waals surface area contributed by atoms with Crippen LogP contribution >= 0.6 is 0 Å². The minimum absolute atomic E-state index is 0.00194. The molecular formula is C21H24N8O3. The predicted octanol–water partition coefficient (Wildman–Crippen LogP) is 1.85. The normalized spacial score (nSPS) is 21.3. The van der Waals surface area contributed by atoms with Gasteiger partial charge in [-0.2, -0.15) is 15.1 Å². The number of piperidine rings is 1. The SMILES string of the molecule is CCOC(=O)n1nc(C)cc1Nc1nc(N2C[C@@H]3C(NC(C)=O)[C@@H]3C2)nc2ncccc12. The average molecular weight is 436 g/mol. The van der Waals surface area contributed by atoms with Crippen molar-refractivity contribution in [1.82, 2.24) is 30.0 Å². The van der Waals surface area contributed by atoms with Crippen molar-refractivity contribution in [3.63, 3.8) is 0 Å². The monoisotopic (exact) mass is 436 g/mol. The van der Waals surface area contributed by atoms with Crippen molar-refractivity contribution >= 4 is 40.6 Å². The van der Waals surface area contributed by atoms with E-state index in [-0.39, 0.29) is 18.6 Å². The molecule has 3 aromatic rings. The van der Waals surface area contributed by atoms with Crippen molar-refractivity contribution in [2.75, 3.05) is 29.9 Å². The van der Waals surface area contributed by atoms with Gasteiger partial charge in [0.15, 0.2) is 5.65 Å². The lowest BCUT2D eigenvalue weighted by Gasteiger charge is -2.21. The zero-order valence-corrected chi connectivity index (χ0v) is 18.1. The van der Waals surface area contributed by atoms with E-state index in [1.54, 1.807) is 33.0 Å². The summed E-state index contributed by atoms with van der Waals surface area (Å²) in [5, 5.41) is 11.2. The van der Waals surface area contributed by atoms with E-state index in [0.717, 1.165) is 18.5 Å². The second-order valence-corrected chi connectivity index (χ2v) is 8.11. The molecule has 3 aromatic heterocycles. The fraction of sp³-hybridized carbons (Fsp3) is 0.429. The Bertz CT molecular complexity index is 1200. The smallest absolute Gasteiger partial charge is 0.436 e.